The molecule has 4 heteroatoms. The van der Waals surface area contributed by atoms with Gasteiger partial charge in [0.25, 0.3) is 0 Å². The van der Waals surface area contributed by atoms with Crippen LogP contribution in [-0.2, 0) is 11.2 Å². The summed E-state index contributed by atoms with van der Waals surface area (Å²) < 4.78 is 0. The molecule has 1 amide bonds. The highest BCUT2D eigenvalue weighted by Crippen LogP contribution is 2.26. The standard InChI is InChI=1S/C21H25ClN2O/c1-16-6-2-3-7-19(16)20(24-12-4-5-13-24)15-23-21(25)14-17-8-10-18(22)11-9-17/h2-3,6-11,20H,4-5,12-15H2,1H3,(H,23,25). The van der Waals surface area contributed by atoms with Gasteiger partial charge in [-0.2, -0.15) is 0 Å². The van der Waals surface area contributed by atoms with Crippen LogP contribution in [-0.4, -0.2) is 30.4 Å². The van der Waals surface area contributed by atoms with Crippen LogP contribution >= 0.6 is 11.6 Å². The van der Waals surface area contributed by atoms with Crippen molar-refractivity contribution in [2.45, 2.75) is 32.2 Å². The van der Waals surface area contributed by atoms with E-state index in [1.165, 1.54) is 24.0 Å². The Morgan fingerprint density at radius 3 is 2.48 bits per heavy atom. The van der Waals surface area contributed by atoms with Crippen LogP contribution in [0.5, 0.6) is 0 Å². The number of carbonyl (C=O) groups excluding carboxylic acids is 1. The zero-order chi connectivity index (χ0) is 17.6. The van der Waals surface area contributed by atoms with Crippen LogP contribution in [0.4, 0.5) is 0 Å². The minimum Gasteiger partial charge on any atom is -0.354 e. The lowest BCUT2D eigenvalue weighted by atomic mass is 10.00. The zero-order valence-electron chi connectivity index (χ0n) is 14.7. The molecule has 1 fully saturated rings. The number of nitrogens with zero attached hydrogens (tertiary/aromatic N) is 1. The van der Waals surface area contributed by atoms with Gasteiger partial charge in [0.05, 0.1) is 12.5 Å². The fraction of sp³-hybridized carbons (Fsp3) is 0.381. The Hall–Kier alpha value is -1.84. The summed E-state index contributed by atoms with van der Waals surface area (Å²) in [7, 11) is 0. The van der Waals surface area contributed by atoms with Gasteiger partial charge in [-0.3, -0.25) is 9.69 Å². The number of benzene rings is 2. The molecule has 1 aliphatic rings. The summed E-state index contributed by atoms with van der Waals surface area (Å²) in [5.41, 5.74) is 3.58. The van der Waals surface area contributed by atoms with E-state index in [4.69, 9.17) is 11.6 Å². The van der Waals surface area contributed by atoms with E-state index in [0.717, 1.165) is 18.7 Å². The zero-order valence-corrected chi connectivity index (χ0v) is 15.4. The molecule has 1 unspecified atom stereocenters. The van der Waals surface area contributed by atoms with Crippen molar-refractivity contribution < 1.29 is 4.79 Å². The van der Waals surface area contributed by atoms with E-state index in [2.05, 4.69) is 41.4 Å². The second-order valence-electron chi connectivity index (χ2n) is 6.72. The predicted octanol–water partition coefficient (Wildman–Crippen LogP) is 4.14. The van der Waals surface area contributed by atoms with Crippen molar-refractivity contribution in [2.75, 3.05) is 19.6 Å². The third-order valence-corrected chi connectivity index (χ3v) is 5.15. The summed E-state index contributed by atoms with van der Waals surface area (Å²) in [6.45, 7) is 5.00. The summed E-state index contributed by atoms with van der Waals surface area (Å²) in [4.78, 5) is 14.9. The molecule has 1 heterocycles. The number of amides is 1. The SMILES string of the molecule is Cc1ccccc1C(CNC(=O)Cc1ccc(Cl)cc1)N1CCCC1. The summed E-state index contributed by atoms with van der Waals surface area (Å²) in [5.74, 6) is 0.0557. The molecule has 3 nitrogen and oxygen atoms in total. The lowest BCUT2D eigenvalue weighted by molar-refractivity contribution is -0.120. The van der Waals surface area contributed by atoms with Gasteiger partial charge < -0.3 is 5.32 Å². The van der Waals surface area contributed by atoms with Gasteiger partial charge in [0.1, 0.15) is 0 Å². The van der Waals surface area contributed by atoms with Gasteiger partial charge in [-0.1, -0.05) is 48.0 Å². The highest BCUT2D eigenvalue weighted by Gasteiger charge is 2.24. The first-order valence-corrected chi connectivity index (χ1v) is 9.32. The predicted molar refractivity (Wildman–Crippen MR) is 103 cm³/mol. The first kappa shape index (κ1) is 18.0. The molecule has 1 aliphatic heterocycles. The number of hydrogen-bond donors (Lipinski definition) is 1. The highest BCUT2D eigenvalue weighted by molar-refractivity contribution is 6.30. The number of hydrogen-bond acceptors (Lipinski definition) is 2. The Morgan fingerprint density at radius 1 is 1.12 bits per heavy atom. The molecule has 0 aromatic heterocycles. The molecular formula is C21H25ClN2O. The number of likely N-dealkylation sites (tertiary alicyclic amines) is 1. The maximum atomic E-state index is 12.4. The van der Waals surface area contributed by atoms with Gasteiger partial charge in [0.15, 0.2) is 0 Å². The monoisotopic (exact) mass is 356 g/mol. The van der Waals surface area contributed by atoms with Crippen molar-refractivity contribution in [2.24, 2.45) is 0 Å². The third-order valence-electron chi connectivity index (χ3n) is 4.90. The van der Waals surface area contributed by atoms with Crippen LogP contribution in [0.15, 0.2) is 48.5 Å². The summed E-state index contributed by atoms with van der Waals surface area (Å²) >= 11 is 5.90. The first-order valence-electron chi connectivity index (χ1n) is 8.94. The molecule has 0 aliphatic carbocycles. The average molecular weight is 357 g/mol. The number of halogens is 1. The Morgan fingerprint density at radius 2 is 1.80 bits per heavy atom. The van der Waals surface area contributed by atoms with Crippen LogP contribution in [0.2, 0.25) is 5.02 Å². The summed E-state index contributed by atoms with van der Waals surface area (Å²) in [6, 6.07) is 16.2. The Bertz CT molecular complexity index is 708. The maximum Gasteiger partial charge on any atom is 0.224 e. The Balaban J connectivity index is 1.65. The molecule has 2 aromatic carbocycles. The van der Waals surface area contributed by atoms with E-state index in [1.807, 2.05) is 24.3 Å². The van der Waals surface area contributed by atoms with Crippen LogP contribution in [0.25, 0.3) is 0 Å². The average Bonchev–Trinajstić information content (AvgIpc) is 3.13. The quantitative estimate of drug-likeness (QED) is 0.843. The molecule has 0 spiro atoms. The largest absolute Gasteiger partial charge is 0.354 e. The lowest BCUT2D eigenvalue weighted by Gasteiger charge is -2.29. The molecule has 0 radical (unpaired) electrons. The topological polar surface area (TPSA) is 32.3 Å². The first-order chi connectivity index (χ1) is 12.1. The highest BCUT2D eigenvalue weighted by atomic mass is 35.5. The molecule has 1 N–H and O–H groups in total. The molecule has 3 rings (SSSR count). The lowest BCUT2D eigenvalue weighted by Crippen LogP contribution is -2.37. The Kier molecular flexibility index (Phi) is 6.11. The van der Waals surface area contributed by atoms with Crippen molar-refractivity contribution in [3.8, 4) is 0 Å². The van der Waals surface area contributed by atoms with Crippen LogP contribution in [0.1, 0.15) is 35.6 Å². The van der Waals surface area contributed by atoms with Crippen LogP contribution in [0.3, 0.4) is 0 Å². The fourth-order valence-electron chi connectivity index (χ4n) is 3.51. The van der Waals surface area contributed by atoms with Crippen molar-refractivity contribution in [1.29, 1.82) is 0 Å². The molecule has 0 saturated carbocycles. The minimum atomic E-state index is 0.0557. The molecule has 2 aromatic rings. The van der Waals surface area contributed by atoms with E-state index >= 15 is 0 Å². The van der Waals surface area contributed by atoms with Crippen molar-refractivity contribution in [3.05, 3.63) is 70.2 Å². The van der Waals surface area contributed by atoms with Gasteiger partial charge >= 0.3 is 0 Å². The second-order valence-corrected chi connectivity index (χ2v) is 7.16. The van der Waals surface area contributed by atoms with E-state index in [0.29, 0.717) is 18.0 Å². The van der Waals surface area contributed by atoms with Gasteiger partial charge in [0.2, 0.25) is 5.91 Å². The fourth-order valence-corrected chi connectivity index (χ4v) is 3.64. The molecule has 25 heavy (non-hydrogen) atoms. The van der Waals surface area contributed by atoms with Crippen molar-refractivity contribution >= 4 is 17.5 Å². The van der Waals surface area contributed by atoms with Crippen molar-refractivity contribution in [3.63, 3.8) is 0 Å². The summed E-state index contributed by atoms with van der Waals surface area (Å²) in [6.07, 6.45) is 2.86. The number of nitrogens with one attached hydrogen (secondary N) is 1. The Labute approximate surface area is 155 Å². The molecule has 132 valence electrons. The molecule has 1 atom stereocenters. The summed E-state index contributed by atoms with van der Waals surface area (Å²) in [5, 5.41) is 3.83. The smallest absolute Gasteiger partial charge is 0.224 e. The van der Waals surface area contributed by atoms with Gasteiger partial charge in [-0.05, 0) is 61.7 Å². The minimum absolute atomic E-state index is 0.0557. The van der Waals surface area contributed by atoms with Gasteiger partial charge in [-0.15, -0.1) is 0 Å². The normalized spacial score (nSPS) is 15.9. The number of aryl methyl sites for hydroxylation is 1. The van der Waals surface area contributed by atoms with E-state index in [-0.39, 0.29) is 11.9 Å². The van der Waals surface area contributed by atoms with Gasteiger partial charge in [-0.25, -0.2) is 0 Å². The van der Waals surface area contributed by atoms with E-state index < -0.39 is 0 Å². The number of carbonyl (C=O) groups is 1. The van der Waals surface area contributed by atoms with Crippen LogP contribution in [0, 0.1) is 6.92 Å². The molecule has 1 saturated heterocycles. The molecule has 0 bridgehead atoms. The van der Waals surface area contributed by atoms with Crippen molar-refractivity contribution in [1.82, 2.24) is 10.2 Å². The van der Waals surface area contributed by atoms with Gasteiger partial charge in [0, 0.05) is 11.6 Å². The third kappa shape index (κ3) is 4.83. The van der Waals surface area contributed by atoms with Crippen LogP contribution < -0.4 is 5.32 Å². The van der Waals surface area contributed by atoms with E-state index in [1.54, 1.807) is 0 Å². The second kappa shape index (κ2) is 8.50. The molecular weight excluding hydrogens is 332 g/mol. The maximum absolute atomic E-state index is 12.4. The number of rotatable bonds is 6. The van der Waals surface area contributed by atoms with E-state index in [9.17, 15) is 4.79 Å².